The summed E-state index contributed by atoms with van der Waals surface area (Å²) in [5.41, 5.74) is 17.4. The van der Waals surface area contributed by atoms with Gasteiger partial charge in [0.15, 0.2) is 0 Å². The summed E-state index contributed by atoms with van der Waals surface area (Å²) in [7, 11) is 0. The Morgan fingerprint density at radius 2 is 0.833 bits per heavy atom. The minimum atomic E-state index is -0.292. The summed E-state index contributed by atoms with van der Waals surface area (Å²) in [6.45, 7) is 0. The van der Waals surface area contributed by atoms with E-state index in [4.69, 9.17) is 0 Å². The number of benzene rings is 6. The molecule has 6 aromatic carbocycles. The van der Waals surface area contributed by atoms with Crippen LogP contribution in [0.25, 0.3) is 33.9 Å². The average Bonchev–Trinajstić information content (AvgIpc) is 3.55. The van der Waals surface area contributed by atoms with Crippen molar-refractivity contribution in [1.29, 1.82) is 0 Å². The van der Waals surface area contributed by atoms with Gasteiger partial charge in [-0.05, 0) is 72.4 Å². The first-order chi connectivity index (χ1) is 20.9. The van der Waals surface area contributed by atoms with Crippen LogP contribution in [0.5, 0.6) is 0 Å². The molecule has 0 heterocycles. The SMILES string of the molecule is C(=C1\C(=C2c3ccccc3-c3ccccc32)C(c2ccccc2)C12c1ccccc1-c1ccccc12)/c1ccccc1. The van der Waals surface area contributed by atoms with Crippen LogP contribution >= 0.6 is 0 Å². The Hall–Kier alpha value is -5.20. The van der Waals surface area contributed by atoms with Crippen LogP contribution in [-0.2, 0) is 5.41 Å². The highest BCUT2D eigenvalue weighted by Crippen LogP contribution is 2.72. The molecule has 1 saturated carbocycles. The molecular formula is C42H28. The van der Waals surface area contributed by atoms with Crippen LogP contribution in [-0.4, -0.2) is 0 Å². The van der Waals surface area contributed by atoms with Gasteiger partial charge in [-0.15, -0.1) is 0 Å². The topological polar surface area (TPSA) is 0 Å². The van der Waals surface area contributed by atoms with E-state index in [-0.39, 0.29) is 11.3 Å². The zero-order valence-electron chi connectivity index (χ0n) is 23.2. The van der Waals surface area contributed by atoms with Crippen LogP contribution in [0.2, 0.25) is 0 Å². The first kappa shape index (κ1) is 23.5. The third kappa shape index (κ3) is 3.02. The van der Waals surface area contributed by atoms with Crippen molar-refractivity contribution in [2.24, 2.45) is 0 Å². The lowest BCUT2D eigenvalue weighted by Crippen LogP contribution is -2.47. The molecule has 6 aromatic rings. The highest BCUT2D eigenvalue weighted by atomic mass is 14.6. The molecule has 0 N–H and O–H groups in total. The summed E-state index contributed by atoms with van der Waals surface area (Å²) in [6.07, 6.45) is 2.48. The lowest BCUT2D eigenvalue weighted by atomic mass is 9.46. The van der Waals surface area contributed by atoms with E-state index in [1.54, 1.807) is 0 Å². The maximum Gasteiger partial charge on any atom is 0.0576 e. The fourth-order valence-electron chi connectivity index (χ4n) is 8.09. The van der Waals surface area contributed by atoms with E-state index in [0.717, 1.165) is 0 Å². The number of allylic oxidation sites excluding steroid dienone is 2. The predicted octanol–water partition coefficient (Wildman–Crippen LogP) is 10.3. The number of fused-ring (bicyclic) bond motifs is 8. The van der Waals surface area contributed by atoms with Gasteiger partial charge in [0.1, 0.15) is 0 Å². The zero-order chi connectivity index (χ0) is 27.7. The molecular weight excluding hydrogens is 504 g/mol. The van der Waals surface area contributed by atoms with E-state index in [0.29, 0.717) is 0 Å². The molecule has 3 aliphatic carbocycles. The Morgan fingerprint density at radius 1 is 0.405 bits per heavy atom. The van der Waals surface area contributed by atoms with Gasteiger partial charge in [-0.25, -0.2) is 0 Å². The van der Waals surface area contributed by atoms with Crippen molar-refractivity contribution >= 4 is 11.6 Å². The van der Waals surface area contributed by atoms with Crippen LogP contribution in [0.1, 0.15) is 39.3 Å². The fraction of sp³-hybridized carbons (Fsp3) is 0.0476. The highest BCUT2D eigenvalue weighted by Gasteiger charge is 2.62. The molecule has 9 rings (SSSR count). The fourth-order valence-corrected chi connectivity index (χ4v) is 8.09. The van der Waals surface area contributed by atoms with Crippen molar-refractivity contribution in [3.8, 4) is 22.3 Å². The number of hydrogen-bond acceptors (Lipinski definition) is 0. The van der Waals surface area contributed by atoms with Gasteiger partial charge in [0.2, 0.25) is 0 Å². The Balaban J connectivity index is 1.46. The molecule has 1 atom stereocenters. The molecule has 1 fully saturated rings. The monoisotopic (exact) mass is 532 g/mol. The molecule has 1 spiro atoms. The first-order valence-corrected chi connectivity index (χ1v) is 14.8. The Labute approximate surface area is 247 Å². The van der Waals surface area contributed by atoms with E-state index in [9.17, 15) is 0 Å². The van der Waals surface area contributed by atoms with E-state index < -0.39 is 0 Å². The molecule has 42 heavy (non-hydrogen) atoms. The Bertz CT molecular complexity index is 1980. The van der Waals surface area contributed by atoms with Crippen LogP contribution in [0, 0.1) is 0 Å². The van der Waals surface area contributed by atoms with Gasteiger partial charge in [0.05, 0.1) is 5.41 Å². The van der Waals surface area contributed by atoms with Crippen LogP contribution < -0.4 is 0 Å². The minimum absolute atomic E-state index is 0.160. The quantitative estimate of drug-likeness (QED) is 0.208. The van der Waals surface area contributed by atoms with E-state index >= 15 is 0 Å². The standard InChI is InChI=1S/C42H28/c1-3-15-28(16-4-1)27-38-40(39-34-23-9-7-19-30(34)31-20-8-10-24-35(31)39)41(29-17-5-2-6-18-29)42(38)36-25-13-11-21-32(36)33-22-12-14-26-37(33)42/h1-27,41H/b38-27-. The summed E-state index contributed by atoms with van der Waals surface area (Å²) in [4.78, 5) is 0. The van der Waals surface area contributed by atoms with Crippen molar-refractivity contribution in [1.82, 2.24) is 0 Å². The third-order valence-electron chi connectivity index (χ3n) is 9.63. The van der Waals surface area contributed by atoms with E-state index in [1.807, 2.05) is 0 Å². The maximum absolute atomic E-state index is 2.48. The molecule has 0 aromatic heterocycles. The molecule has 3 aliphatic rings. The van der Waals surface area contributed by atoms with Crippen LogP contribution in [0.15, 0.2) is 169 Å². The largest absolute Gasteiger partial charge is 0.0622 e. The Kier molecular flexibility index (Phi) is 4.98. The lowest BCUT2D eigenvalue weighted by Gasteiger charge is -2.55. The summed E-state index contributed by atoms with van der Waals surface area (Å²) >= 11 is 0. The summed E-state index contributed by atoms with van der Waals surface area (Å²) in [5.74, 6) is 0.160. The summed E-state index contributed by atoms with van der Waals surface area (Å²) in [6, 6.07) is 58.2. The molecule has 0 radical (unpaired) electrons. The van der Waals surface area contributed by atoms with Crippen molar-refractivity contribution in [3.63, 3.8) is 0 Å². The molecule has 0 nitrogen and oxygen atoms in total. The van der Waals surface area contributed by atoms with Gasteiger partial charge in [-0.1, -0.05) is 164 Å². The van der Waals surface area contributed by atoms with Gasteiger partial charge in [0, 0.05) is 5.92 Å². The molecule has 0 aliphatic heterocycles. The van der Waals surface area contributed by atoms with Gasteiger partial charge < -0.3 is 0 Å². The smallest absolute Gasteiger partial charge is 0.0576 e. The normalized spacial score (nSPS) is 17.9. The van der Waals surface area contributed by atoms with Gasteiger partial charge in [-0.3, -0.25) is 0 Å². The number of rotatable bonds is 2. The highest BCUT2D eigenvalue weighted by molar-refractivity contribution is 6.07. The second-order valence-corrected chi connectivity index (χ2v) is 11.6. The predicted molar refractivity (Wildman–Crippen MR) is 174 cm³/mol. The van der Waals surface area contributed by atoms with Crippen molar-refractivity contribution < 1.29 is 0 Å². The average molecular weight is 533 g/mol. The van der Waals surface area contributed by atoms with Gasteiger partial charge in [-0.2, -0.15) is 0 Å². The second kappa shape index (κ2) is 8.90. The lowest BCUT2D eigenvalue weighted by molar-refractivity contribution is 0.462. The minimum Gasteiger partial charge on any atom is -0.0622 e. The van der Waals surface area contributed by atoms with Crippen molar-refractivity contribution in [2.75, 3.05) is 0 Å². The van der Waals surface area contributed by atoms with Gasteiger partial charge in [0.25, 0.3) is 0 Å². The summed E-state index contributed by atoms with van der Waals surface area (Å²) in [5, 5.41) is 0. The summed E-state index contributed by atoms with van der Waals surface area (Å²) < 4.78 is 0. The molecule has 0 bridgehead atoms. The van der Waals surface area contributed by atoms with Crippen LogP contribution in [0.4, 0.5) is 0 Å². The molecule has 0 heteroatoms. The van der Waals surface area contributed by atoms with E-state index in [2.05, 4.69) is 164 Å². The van der Waals surface area contributed by atoms with E-state index in [1.165, 1.54) is 72.4 Å². The maximum atomic E-state index is 2.48. The van der Waals surface area contributed by atoms with Crippen molar-refractivity contribution in [2.45, 2.75) is 11.3 Å². The molecule has 196 valence electrons. The molecule has 1 unspecified atom stereocenters. The van der Waals surface area contributed by atoms with Gasteiger partial charge >= 0.3 is 0 Å². The second-order valence-electron chi connectivity index (χ2n) is 11.6. The number of hydrogen-bond donors (Lipinski definition) is 0. The zero-order valence-corrected chi connectivity index (χ0v) is 23.2. The molecule has 0 saturated heterocycles. The molecule has 0 amide bonds. The van der Waals surface area contributed by atoms with Crippen LogP contribution in [0.3, 0.4) is 0 Å². The Morgan fingerprint density at radius 3 is 1.38 bits per heavy atom. The first-order valence-electron chi connectivity index (χ1n) is 14.8. The van der Waals surface area contributed by atoms with Crippen molar-refractivity contribution in [3.05, 3.63) is 202 Å². The third-order valence-corrected chi connectivity index (χ3v) is 9.63.